The lowest BCUT2D eigenvalue weighted by molar-refractivity contribution is 0.248. The van der Waals surface area contributed by atoms with Gasteiger partial charge in [0.2, 0.25) is 5.95 Å². The van der Waals surface area contributed by atoms with Crippen molar-refractivity contribution >= 4 is 29.2 Å². The van der Waals surface area contributed by atoms with Crippen LogP contribution in [0.5, 0.6) is 0 Å². The van der Waals surface area contributed by atoms with E-state index in [1.165, 1.54) is 0 Å². The number of hydrogen-bond acceptors (Lipinski definition) is 5. The summed E-state index contributed by atoms with van der Waals surface area (Å²) in [5, 5.41) is 0.915. The van der Waals surface area contributed by atoms with Crippen molar-refractivity contribution in [1.82, 2.24) is 19.9 Å². The quantitative estimate of drug-likeness (QED) is 0.812. The van der Waals surface area contributed by atoms with Gasteiger partial charge in [0.1, 0.15) is 5.15 Å². The number of piperazine rings is 1. The van der Waals surface area contributed by atoms with Gasteiger partial charge < -0.3 is 4.90 Å². The zero-order valence-corrected chi connectivity index (χ0v) is 12.9. The van der Waals surface area contributed by atoms with E-state index in [1.54, 1.807) is 18.6 Å². The largest absolute Gasteiger partial charge is 0.338 e. The molecule has 21 heavy (non-hydrogen) atoms. The molecule has 1 aliphatic heterocycles. The molecule has 1 saturated heterocycles. The van der Waals surface area contributed by atoms with Crippen molar-refractivity contribution in [2.45, 2.75) is 6.54 Å². The molecule has 7 heteroatoms. The molecule has 0 radical (unpaired) electrons. The van der Waals surface area contributed by atoms with Gasteiger partial charge in [-0.3, -0.25) is 4.90 Å². The van der Waals surface area contributed by atoms with Gasteiger partial charge in [0.15, 0.2) is 0 Å². The molecule has 0 spiro atoms. The van der Waals surface area contributed by atoms with Crippen molar-refractivity contribution in [3.8, 4) is 0 Å². The highest BCUT2D eigenvalue weighted by atomic mass is 35.5. The van der Waals surface area contributed by atoms with Gasteiger partial charge in [0.05, 0.1) is 5.02 Å². The minimum atomic E-state index is 0.366. The van der Waals surface area contributed by atoms with Crippen LogP contribution in [0.1, 0.15) is 5.56 Å². The first kappa shape index (κ1) is 14.5. The van der Waals surface area contributed by atoms with E-state index in [2.05, 4.69) is 24.8 Å². The fourth-order valence-corrected chi connectivity index (χ4v) is 2.73. The third-order valence-electron chi connectivity index (χ3n) is 3.53. The summed E-state index contributed by atoms with van der Waals surface area (Å²) in [5.74, 6) is 0.794. The summed E-state index contributed by atoms with van der Waals surface area (Å²) in [4.78, 5) is 17.1. The number of pyridine rings is 1. The van der Waals surface area contributed by atoms with Gasteiger partial charge in [-0.25, -0.2) is 15.0 Å². The molecule has 3 heterocycles. The minimum absolute atomic E-state index is 0.366. The number of anilines is 1. The zero-order valence-electron chi connectivity index (χ0n) is 11.4. The highest BCUT2D eigenvalue weighted by Crippen LogP contribution is 2.24. The molecule has 3 rings (SSSR count). The normalized spacial score (nSPS) is 16.2. The Labute approximate surface area is 133 Å². The summed E-state index contributed by atoms with van der Waals surface area (Å²) in [6, 6.07) is 3.75. The molecule has 0 bridgehead atoms. The fraction of sp³-hybridized carbons (Fsp3) is 0.357. The van der Waals surface area contributed by atoms with Gasteiger partial charge in [-0.05, 0) is 17.7 Å². The first-order chi connectivity index (χ1) is 10.2. The van der Waals surface area contributed by atoms with Crippen molar-refractivity contribution in [3.63, 3.8) is 0 Å². The van der Waals surface area contributed by atoms with Crippen molar-refractivity contribution < 1.29 is 0 Å². The van der Waals surface area contributed by atoms with E-state index in [-0.39, 0.29) is 0 Å². The smallest absolute Gasteiger partial charge is 0.225 e. The maximum Gasteiger partial charge on any atom is 0.225 e. The van der Waals surface area contributed by atoms with E-state index in [4.69, 9.17) is 23.2 Å². The molecule has 0 unspecified atom stereocenters. The number of nitrogens with zero attached hydrogens (tertiary/aromatic N) is 5. The molecule has 0 amide bonds. The van der Waals surface area contributed by atoms with Crippen LogP contribution in [0.3, 0.4) is 0 Å². The lowest BCUT2D eigenvalue weighted by Gasteiger charge is -2.34. The molecule has 110 valence electrons. The summed E-state index contributed by atoms with van der Waals surface area (Å²) in [6.07, 6.45) is 5.23. The number of hydrogen-bond donors (Lipinski definition) is 0. The molecular weight excluding hydrogens is 309 g/mol. The summed E-state index contributed by atoms with van der Waals surface area (Å²) >= 11 is 12.1. The van der Waals surface area contributed by atoms with Gasteiger partial charge in [-0.1, -0.05) is 23.2 Å². The summed E-state index contributed by atoms with van der Waals surface area (Å²) in [5.41, 5.74) is 1.01. The Kier molecular flexibility index (Phi) is 4.53. The first-order valence-electron chi connectivity index (χ1n) is 6.77. The number of halogens is 2. The third-order valence-corrected chi connectivity index (χ3v) is 4.33. The standard InChI is InChI=1S/C14H15Cl2N5/c15-12-11(2-5-17-13(12)16)10-20-6-8-21(9-7-20)14-18-3-1-4-19-14/h1-5H,6-10H2. The second-order valence-corrected chi connectivity index (χ2v) is 5.62. The van der Waals surface area contributed by atoms with E-state index in [0.29, 0.717) is 10.2 Å². The topological polar surface area (TPSA) is 45.2 Å². The lowest BCUT2D eigenvalue weighted by atomic mass is 10.2. The zero-order chi connectivity index (χ0) is 14.7. The Morgan fingerprint density at radius 1 is 0.952 bits per heavy atom. The van der Waals surface area contributed by atoms with Crippen molar-refractivity contribution in [2.24, 2.45) is 0 Å². The van der Waals surface area contributed by atoms with Crippen LogP contribution in [-0.2, 0) is 6.54 Å². The van der Waals surface area contributed by atoms with Gasteiger partial charge in [0, 0.05) is 51.3 Å². The van der Waals surface area contributed by atoms with Crippen molar-refractivity contribution in [2.75, 3.05) is 31.1 Å². The Morgan fingerprint density at radius 2 is 1.67 bits per heavy atom. The highest BCUT2D eigenvalue weighted by Gasteiger charge is 2.19. The molecule has 0 N–H and O–H groups in total. The van der Waals surface area contributed by atoms with Crippen LogP contribution < -0.4 is 4.90 Å². The van der Waals surface area contributed by atoms with Crippen LogP contribution in [0.2, 0.25) is 10.2 Å². The van der Waals surface area contributed by atoms with Gasteiger partial charge in [-0.2, -0.15) is 0 Å². The summed E-state index contributed by atoms with van der Waals surface area (Å²) in [7, 11) is 0. The predicted octanol–water partition coefficient (Wildman–Crippen LogP) is 2.50. The van der Waals surface area contributed by atoms with Gasteiger partial charge in [-0.15, -0.1) is 0 Å². The van der Waals surface area contributed by atoms with Crippen LogP contribution in [0.15, 0.2) is 30.7 Å². The highest BCUT2D eigenvalue weighted by molar-refractivity contribution is 6.41. The van der Waals surface area contributed by atoms with E-state index in [9.17, 15) is 0 Å². The molecule has 0 aromatic carbocycles. The van der Waals surface area contributed by atoms with Crippen molar-refractivity contribution in [3.05, 3.63) is 46.5 Å². The van der Waals surface area contributed by atoms with E-state index in [0.717, 1.165) is 44.2 Å². The average molecular weight is 324 g/mol. The maximum absolute atomic E-state index is 6.19. The first-order valence-corrected chi connectivity index (χ1v) is 7.53. The monoisotopic (exact) mass is 323 g/mol. The summed E-state index contributed by atoms with van der Waals surface area (Å²) < 4.78 is 0. The SMILES string of the molecule is Clc1nccc(CN2CCN(c3ncccn3)CC2)c1Cl. The van der Waals surface area contributed by atoms with Crippen molar-refractivity contribution in [1.29, 1.82) is 0 Å². The minimum Gasteiger partial charge on any atom is -0.338 e. The number of aromatic nitrogens is 3. The Hall–Kier alpha value is -1.43. The van der Waals surface area contributed by atoms with Crippen LogP contribution in [0.4, 0.5) is 5.95 Å². The van der Waals surface area contributed by atoms with Gasteiger partial charge >= 0.3 is 0 Å². The fourth-order valence-electron chi connectivity index (χ4n) is 2.38. The second kappa shape index (κ2) is 6.56. The molecular formula is C14H15Cl2N5. The molecule has 0 saturated carbocycles. The maximum atomic E-state index is 6.19. The molecule has 2 aromatic heterocycles. The van der Waals surface area contributed by atoms with Crippen LogP contribution in [-0.4, -0.2) is 46.0 Å². The van der Waals surface area contributed by atoms with Crippen LogP contribution in [0.25, 0.3) is 0 Å². The van der Waals surface area contributed by atoms with Crippen LogP contribution >= 0.6 is 23.2 Å². The second-order valence-electron chi connectivity index (χ2n) is 4.89. The predicted molar refractivity (Wildman–Crippen MR) is 83.8 cm³/mol. The summed E-state index contributed by atoms with van der Waals surface area (Å²) in [6.45, 7) is 4.47. The lowest BCUT2D eigenvalue weighted by Crippen LogP contribution is -2.46. The molecule has 2 aromatic rings. The van der Waals surface area contributed by atoms with E-state index >= 15 is 0 Å². The van der Waals surface area contributed by atoms with Crippen LogP contribution in [0, 0.1) is 0 Å². The molecule has 1 aliphatic rings. The van der Waals surface area contributed by atoms with E-state index in [1.807, 2.05) is 12.1 Å². The number of rotatable bonds is 3. The third kappa shape index (κ3) is 3.43. The Bertz CT molecular complexity index is 600. The van der Waals surface area contributed by atoms with Gasteiger partial charge in [0.25, 0.3) is 0 Å². The molecule has 5 nitrogen and oxygen atoms in total. The Balaban J connectivity index is 1.60. The molecule has 0 aliphatic carbocycles. The average Bonchev–Trinajstić information content (AvgIpc) is 2.53. The Morgan fingerprint density at radius 3 is 2.38 bits per heavy atom. The molecule has 1 fully saturated rings. The molecule has 0 atom stereocenters. The van der Waals surface area contributed by atoms with E-state index < -0.39 is 0 Å².